The molecule has 144 valence electrons. The molecule has 3 aliphatic heterocycles. The van der Waals surface area contributed by atoms with E-state index in [1.165, 1.54) is 6.26 Å². The van der Waals surface area contributed by atoms with Crippen molar-refractivity contribution < 1.29 is 13.2 Å². The lowest BCUT2D eigenvalue weighted by Gasteiger charge is -2.56. The van der Waals surface area contributed by atoms with Gasteiger partial charge in [-0.05, 0) is 38.0 Å². The molecule has 0 radical (unpaired) electrons. The molecule has 3 aliphatic rings. The van der Waals surface area contributed by atoms with Gasteiger partial charge in [-0.2, -0.15) is 0 Å². The number of carbonyl (C=O) groups is 1. The van der Waals surface area contributed by atoms with Crippen LogP contribution in [0.2, 0.25) is 0 Å². The van der Waals surface area contributed by atoms with Crippen LogP contribution in [0.3, 0.4) is 0 Å². The maximum atomic E-state index is 12.7. The van der Waals surface area contributed by atoms with Crippen LogP contribution in [-0.4, -0.2) is 67.4 Å². The van der Waals surface area contributed by atoms with Crippen molar-refractivity contribution in [3.63, 3.8) is 0 Å². The molecule has 0 saturated carbocycles. The second-order valence-corrected chi connectivity index (χ2v) is 10.7. The Balaban J connectivity index is 1.61. The summed E-state index contributed by atoms with van der Waals surface area (Å²) in [5.74, 6) is 0.832. The third-order valence-corrected chi connectivity index (χ3v) is 7.43. The first-order valence-corrected chi connectivity index (χ1v) is 11.8. The molecule has 4 atom stereocenters. The fraction of sp³-hybridized carbons (Fsp3) is 0.812. The molecule has 0 unspecified atom stereocenters. The Labute approximate surface area is 158 Å². The van der Waals surface area contributed by atoms with Gasteiger partial charge >= 0.3 is 0 Å². The Bertz CT molecular complexity index is 796. The van der Waals surface area contributed by atoms with Crippen molar-refractivity contribution in [2.45, 2.75) is 44.7 Å². The van der Waals surface area contributed by atoms with Gasteiger partial charge in [-0.3, -0.25) is 4.79 Å². The van der Waals surface area contributed by atoms with Crippen molar-refractivity contribution in [1.29, 1.82) is 0 Å². The molecule has 0 aliphatic carbocycles. The lowest BCUT2D eigenvalue weighted by atomic mass is 9.72. The van der Waals surface area contributed by atoms with Gasteiger partial charge in [-0.25, -0.2) is 13.1 Å². The maximum Gasteiger partial charge on any atom is 0.223 e. The van der Waals surface area contributed by atoms with Crippen LogP contribution in [0.4, 0.5) is 5.13 Å². The fourth-order valence-corrected chi connectivity index (χ4v) is 6.02. The first kappa shape index (κ1) is 18.1. The number of fused-ring (bicyclic) bond motifs is 4. The van der Waals surface area contributed by atoms with Gasteiger partial charge in [0, 0.05) is 32.1 Å². The molecule has 4 heterocycles. The zero-order valence-electron chi connectivity index (χ0n) is 15.1. The van der Waals surface area contributed by atoms with Crippen molar-refractivity contribution in [3.05, 3.63) is 5.01 Å². The monoisotopic (exact) mass is 399 g/mol. The van der Waals surface area contributed by atoms with E-state index >= 15 is 0 Å². The van der Waals surface area contributed by atoms with Crippen molar-refractivity contribution in [3.8, 4) is 0 Å². The number of piperidine rings is 3. The molecule has 8 nitrogen and oxygen atoms in total. The number of aryl methyl sites for hydroxylation is 1. The quantitative estimate of drug-likeness (QED) is 0.797. The fourth-order valence-electron chi connectivity index (χ4n) is 4.84. The first-order chi connectivity index (χ1) is 12.3. The second kappa shape index (κ2) is 6.72. The van der Waals surface area contributed by atoms with Crippen molar-refractivity contribution in [1.82, 2.24) is 19.8 Å². The van der Waals surface area contributed by atoms with E-state index in [9.17, 15) is 13.2 Å². The standard InChI is InChI=1S/C16H25N5O3S2/c1-10-18-19-16(25-10)20-8-11-6-12(9-20)14(7-17-26(2,23)24)21-13(11)4-3-5-15(21)22/h11-14,17H,3-9H2,1-2H3/t11-,12+,13+,14+/m1/s1. The van der Waals surface area contributed by atoms with E-state index < -0.39 is 10.0 Å². The molecule has 4 rings (SSSR count). The van der Waals surface area contributed by atoms with E-state index in [0.29, 0.717) is 18.9 Å². The average Bonchev–Trinajstić information content (AvgIpc) is 3.01. The van der Waals surface area contributed by atoms with Gasteiger partial charge < -0.3 is 9.80 Å². The number of rotatable bonds is 4. The summed E-state index contributed by atoms with van der Waals surface area (Å²) in [6.45, 7) is 3.93. The third-order valence-electron chi connectivity index (χ3n) is 5.84. The van der Waals surface area contributed by atoms with Crippen LogP contribution >= 0.6 is 11.3 Å². The van der Waals surface area contributed by atoms with Gasteiger partial charge in [0.2, 0.25) is 21.1 Å². The van der Waals surface area contributed by atoms with E-state index in [1.54, 1.807) is 11.3 Å². The lowest BCUT2D eigenvalue weighted by molar-refractivity contribution is -0.148. The molecule has 1 aromatic heterocycles. The van der Waals surface area contributed by atoms with Gasteiger partial charge in [0.05, 0.1) is 12.3 Å². The smallest absolute Gasteiger partial charge is 0.223 e. The minimum Gasteiger partial charge on any atom is -0.346 e. The molecule has 0 aromatic carbocycles. The van der Waals surface area contributed by atoms with Crippen LogP contribution in [0.15, 0.2) is 0 Å². The summed E-state index contributed by atoms with van der Waals surface area (Å²) in [5.41, 5.74) is 0. The molecular weight excluding hydrogens is 374 g/mol. The summed E-state index contributed by atoms with van der Waals surface area (Å²) >= 11 is 1.59. The molecule has 10 heteroatoms. The summed E-state index contributed by atoms with van der Waals surface area (Å²) in [6.07, 6.45) is 4.71. The number of hydrogen-bond acceptors (Lipinski definition) is 7. The minimum atomic E-state index is -3.29. The molecule has 3 fully saturated rings. The summed E-state index contributed by atoms with van der Waals surface area (Å²) < 4.78 is 25.9. The summed E-state index contributed by atoms with van der Waals surface area (Å²) in [7, 11) is -3.29. The van der Waals surface area contributed by atoms with Gasteiger partial charge in [0.25, 0.3) is 0 Å². The number of amides is 1. The second-order valence-electron chi connectivity index (χ2n) is 7.71. The molecule has 26 heavy (non-hydrogen) atoms. The number of carbonyl (C=O) groups excluding carboxylic acids is 1. The van der Waals surface area contributed by atoms with Crippen molar-refractivity contribution in [2.24, 2.45) is 11.8 Å². The zero-order valence-corrected chi connectivity index (χ0v) is 16.7. The molecule has 1 aromatic rings. The van der Waals surface area contributed by atoms with Crippen molar-refractivity contribution in [2.75, 3.05) is 30.8 Å². The Morgan fingerprint density at radius 1 is 1.27 bits per heavy atom. The molecule has 0 spiro atoms. The van der Waals surface area contributed by atoms with E-state index in [1.807, 2.05) is 11.8 Å². The topological polar surface area (TPSA) is 95.5 Å². The van der Waals surface area contributed by atoms with Gasteiger partial charge in [0.1, 0.15) is 5.01 Å². The normalized spacial score (nSPS) is 31.8. The highest BCUT2D eigenvalue weighted by Gasteiger charge is 2.49. The van der Waals surface area contributed by atoms with E-state index in [-0.39, 0.29) is 23.9 Å². The Morgan fingerprint density at radius 3 is 2.73 bits per heavy atom. The Morgan fingerprint density at radius 2 is 2.04 bits per heavy atom. The highest BCUT2D eigenvalue weighted by Crippen LogP contribution is 2.42. The van der Waals surface area contributed by atoms with Crippen molar-refractivity contribution >= 4 is 32.4 Å². The number of sulfonamides is 1. The van der Waals surface area contributed by atoms with E-state index in [0.717, 1.165) is 42.5 Å². The SMILES string of the molecule is Cc1nnc(N2C[C@H]3C[C@@H](C2)[C@H](CNS(C)(=O)=O)N2C(=O)CCC[C@@H]32)s1. The number of anilines is 1. The van der Waals surface area contributed by atoms with Gasteiger partial charge in [-0.15, -0.1) is 10.2 Å². The highest BCUT2D eigenvalue weighted by molar-refractivity contribution is 7.88. The number of hydrogen-bond donors (Lipinski definition) is 1. The van der Waals surface area contributed by atoms with Crippen LogP contribution in [-0.2, 0) is 14.8 Å². The number of nitrogens with zero attached hydrogens (tertiary/aromatic N) is 4. The van der Waals surface area contributed by atoms with Gasteiger partial charge in [0.15, 0.2) is 0 Å². The van der Waals surface area contributed by atoms with Crippen LogP contribution in [0, 0.1) is 18.8 Å². The Hall–Kier alpha value is -1.26. The molecule has 1 N–H and O–H groups in total. The van der Waals surface area contributed by atoms with Crippen LogP contribution < -0.4 is 9.62 Å². The van der Waals surface area contributed by atoms with Crippen LogP contribution in [0.1, 0.15) is 30.7 Å². The van der Waals surface area contributed by atoms with E-state index in [2.05, 4.69) is 19.8 Å². The summed E-state index contributed by atoms with van der Waals surface area (Å²) in [6, 6.07) is 0.117. The van der Waals surface area contributed by atoms with Gasteiger partial charge in [-0.1, -0.05) is 11.3 Å². The number of aromatic nitrogens is 2. The Kier molecular flexibility index (Phi) is 4.68. The maximum absolute atomic E-state index is 12.7. The van der Waals surface area contributed by atoms with E-state index in [4.69, 9.17) is 0 Å². The molecule has 2 bridgehead atoms. The average molecular weight is 400 g/mol. The summed E-state index contributed by atoms with van der Waals surface area (Å²) in [4.78, 5) is 17.0. The lowest BCUT2D eigenvalue weighted by Crippen LogP contribution is -2.67. The summed E-state index contributed by atoms with van der Waals surface area (Å²) in [5, 5.41) is 10.3. The number of nitrogens with one attached hydrogen (secondary N) is 1. The van der Waals surface area contributed by atoms with Crippen LogP contribution in [0.25, 0.3) is 0 Å². The predicted molar refractivity (Wildman–Crippen MR) is 99.6 cm³/mol. The van der Waals surface area contributed by atoms with Crippen LogP contribution in [0.5, 0.6) is 0 Å². The molecule has 3 saturated heterocycles. The third kappa shape index (κ3) is 3.46. The first-order valence-electron chi connectivity index (χ1n) is 9.12. The molecule has 1 amide bonds. The highest BCUT2D eigenvalue weighted by atomic mass is 32.2. The predicted octanol–water partition coefficient (Wildman–Crippen LogP) is 0.602. The molecular formula is C16H25N5O3S2. The largest absolute Gasteiger partial charge is 0.346 e. The zero-order chi connectivity index (χ0) is 18.5. The minimum absolute atomic E-state index is 0.0874.